The molecule has 0 heterocycles. The minimum Gasteiger partial charge on any atom is -0.395 e. The fourth-order valence-corrected chi connectivity index (χ4v) is 0.181. The minimum atomic E-state index is -3.67. The van der Waals surface area contributed by atoms with Crippen molar-refractivity contribution in [2.75, 3.05) is 12.9 Å². The molecule has 5 heteroatoms. The topological polar surface area (TPSA) is 74.6 Å². The Morgan fingerprint density at radius 1 is 1.45 bits per heavy atom. The summed E-state index contributed by atoms with van der Waals surface area (Å²) < 4.78 is 25.9. The lowest BCUT2D eigenvalue weighted by molar-refractivity contribution is 0.305. The summed E-state index contributed by atoms with van der Waals surface area (Å²) >= 11 is 0. The first kappa shape index (κ1) is 13.1. The third-order valence-electron chi connectivity index (χ3n) is 0.414. The van der Waals surface area contributed by atoms with E-state index in [0.29, 0.717) is 12.7 Å². The maximum Gasteiger partial charge on any atom is 0.261 e. The van der Waals surface area contributed by atoms with Crippen LogP contribution < -0.4 is 0 Å². The first-order valence-electron chi connectivity index (χ1n) is 2.84. The molecular weight excluding hydrogens is 168 g/mol. The Labute approximate surface area is 67.0 Å². The fourth-order valence-electron chi connectivity index (χ4n) is 0.181. The predicted molar refractivity (Wildman–Crippen MR) is 42.6 cm³/mol. The van der Waals surface area contributed by atoms with Gasteiger partial charge in [0, 0.05) is 6.42 Å². The van der Waals surface area contributed by atoms with E-state index in [1.165, 1.54) is 0 Å². The van der Waals surface area contributed by atoms with Gasteiger partial charge in [0.2, 0.25) is 0 Å². The van der Waals surface area contributed by atoms with Crippen LogP contribution in [0.1, 0.15) is 13.3 Å². The molecule has 0 aliphatic rings. The van der Waals surface area contributed by atoms with Crippen LogP contribution in [0.25, 0.3) is 0 Å². The van der Waals surface area contributed by atoms with Crippen LogP contribution in [0.15, 0.2) is 0 Å². The van der Waals surface area contributed by atoms with Gasteiger partial charge in [0.1, 0.15) is 0 Å². The first-order valence-corrected chi connectivity index (χ1v) is 4.69. The smallest absolute Gasteiger partial charge is 0.261 e. The molecule has 0 fully saturated rings. The lowest BCUT2D eigenvalue weighted by Gasteiger charge is -1.72. The molecule has 4 nitrogen and oxygen atoms in total. The van der Waals surface area contributed by atoms with Gasteiger partial charge < -0.3 is 5.11 Å². The van der Waals surface area contributed by atoms with E-state index >= 15 is 0 Å². The minimum absolute atomic E-state index is 0.181. The Balaban J connectivity index is 0. The third kappa shape index (κ3) is 88.2. The summed E-state index contributed by atoms with van der Waals surface area (Å²) in [5.41, 5.74) is 0. The van der Waals surface area contributed by atoms with Crippen LogP contribution in [0.3, 0.4) is 0 Å². The van der Waals surface area contributed by atoms with Gasteiger partial charge in [0.05, 0.1) is 12.9 Å². The van der Waals surface area contributed by atoms with Crippen molar-refractivity contribution in [3.8, 4) is 11.8 Å². The van der Waals surface area contributed by atoms with E-state index < -0.39 is 10.1 Å². The molecule has 0 aliphatic carbocycles. The van der Waals surface area contributed by atoms with Crippen LogP contribution in [0.5, 0.6) is 0 Å². The largest absolute Gasteiger partial charge is 0.395 e. The first-order chi connectivity index (χ1) is 4.91. The molecule has 2 N–H and O–H groups in total. The summed E-state index contributed by atoms with van der Waals surface area (Å²) in [6.07, 6.45) is 1.32. The lowest BCUT2D eigenvalue weighted by Crippen LogP contribution is -1.88. The molecule has 0 aromatic heterocycles. The molecule has 66 valence electrons. The lowest BCUT2D eigenvalue weighted by atomic mass is 10.5. The molecule has 0 unspecified atom stereocenters. The Morgan fingerprint density at radius 2 is 1.82 bits per heavy atom. The van der Waals surface area contributed by atoms with Gasteiger partial charge in [-0.3, -0.25) is 4.55 Å². The number of hydrogen-bond acceptors (Lipinski definition) is 3. The molecule has 0 saturated heterocycles. The molecule has 0 aromatic rings. The van der Waals surface area contributed by atoms with Gasteiger partial charge in [-0.25, -0.2) is 0 Å². The molecule has 0 saturated carbocycles. The van der Waals surface area contributed by atoms with Crippen molar-refractivity contribution in [3.05, 3.63) is 0 Å². The van der Waals surface area contributed by atoms with Crippen LogP contribution in [-0.2, 0) is 10.1 Å². The molecule has 0 radical (unpaired) electrons. The van der Waals surface area contributed by atoms with Gasteiger partial charge in [-0.15, -0.1) is 11.8 Å². The number of rotatable bonds is 1. The maximum absolute atomic E-state index is 9.19. The molecular formula is C6H12O4S. The van der Waals surface area contributed by atoms with E-state index in [-0.39, 0.29) is 6.61 Å². The van der Waals surface area contributed by atoms with Crippen LogP contribution >= 0.6 is 0 Å². The zero-order chi connectivity index (χ0) is 9.33. The second-order valence-electron chi connectivity index (χ2n) is 1.63. The molecule has 0 spiro atoms. The summed E-state index contributed by atoms with van der Waals surface area (Å²) in [7, 11) is -3.67. The van der Waals surface area contributed by atoms with Crippen molar-refractivity contribution in [3.63, 3.8) is 0 Å². The highest BCUT2D eigenvalue weighted by molar-refractivity contribution is 7.85. The Hall–Kier alpha value is -0.570. The number of aliphatic hydroxyl groups excluding tert-OH is 1. The molecule has 0 rings (SSSR count). The standard InChI is InChI=1S/C5H8O.CH4O3S/c1-2-3-4-5-6;1-5(2,3)4/h6H,4-5H2,1H3;1H3,(H,2,3,4). The van der Waals surface area contributed by atoms with Gasteiger partial charge >= 0.3 is 0 Å². The summed E-state index contributed by atoms with van der Waals surface area (Å²) in [4.78, 5) is 0. The molecule has 0 atom stereocenters. The summed E-state index contributed by atoms with van der Waals surface area (Å²) in [5.74, 6) is 5.36. The molecule has 0 amide bonds. The normalized spacial score (nSPS) is 8.73. The average molecular weight is 180 g/mol. The molecule has 0 aromatic carbocycles. The molecule has 11 heavy (non-hydrogen) atoms. The van der Waals surface area contributed by atoms with Crippen LogP contribution in [-0.4, -0.2) is 30.9 Å². The predicted octanol–water partition coefficient (Wildman–Crippen LogP) is -0.104. The van der Waals surface area contributed by atoms with Crippen LogP contribution in [0.2, 0.25) is 0 Å². The van der Waals surface area contributed by atoms with Crippen molar-refractivity contribution in [2.24, 2.45) is 0 Å². The van der Waals surface area contributed by atoms with E-state index in [9.17, 15) is 8.42 Å². The Morgan fingerprint density at radius 3 is 1.91 bits per heavy atom. The average Bonchev–Trinajstić information content (AvgIpc) is 1.79. The highest BCUT2D eigenvalue weighted by atomic mass is 32.2. The van der Waals surface area contributed by atoms with Crippen LogP contribution in [0.4, 0.5) is 0 Å². The van der Waals surface area contributed by atoms with Gasteiger partial charge in [-0.1, -0.05) is 0 Å². The zero-order valence-corrected chi connectivity index (χ0v) is 7.35. The number of aliphatic hydroxyl groups is 1. The van der Waals surface area contributed by atoms with E-state index in [2.05, 4.69) is 11.8 Å². The van der Waals surface area contributed by atoms with Gasteiger partial charge in [-0.2, -0.15) is 8.42 Å². The van der Waals surface area contributed by atoms with Crippen LogP contribution in [0, 0.1) is 11.8 Å². The third-order valence-corrected chi connectivity index (χ3v) is 0.414. The van der Waals surface area contributed by atoms with Gasteiger partial charge in [0.25, 0.3) is 10.1 Å². The summed E-state index contributed by atoms with van der Waals surface area (Å²) in [6, 6.07) is 0. The van der Waals surface area contributed by atoms with E-state index in [4.69, 9.17) is 9.66 Å². The van der Waals surface area contributed by atoms with E-state index in [0.717, 1.165) is 0 Å². The maximum atomic E-state index is 9.19. The van der Waals surface area contributed by atoms with Gasteiger partial charge in [0.15, 0.2) is 0 Å². The molecule has 0 bridgehead atoms. The quantitative estimate of drug-likeness (QED) is 0.436. The zero-order valence-electron chi connectivity index (χ0n) is 6.53. The second-order valence-corrected chi connectivity index (χ2v) is 3.10. The second kappa shape index (κ2) is 7.54. The van der Waals surface area contributed by atoms with Crippen molar-refractivity contribution in [1.29, 1.82) is 0 Å². The Kier molecular flexibility index (Phi) is 8.94. The monoisotopic (exact) mass is 180 g/mol. The molecule has 0 aliphatic heterocycles. The fraction of sp³-hybridized carbons (Fsp3) is 0.667. The highest BCUT2D eigenvalue weighted by Gasteiger charge is 1.81. The van der Waals surface area contributed by atoms with Crippen molar-refractivity contribution in [1.82, 2.24) is 0 Å². The van der Waals surface area contributed by atoms with Crippen molar-refractivity contribution >= 4 is 10.1 Å². The van der Waals surface area contributed by atoms with Crippen molar-refractivity contribution < 1.29 is 18.1 Å². The number of hydrogen-bond donors (Lipinski definition) is 2. The van der Waals surface area contributed by atoms with E-state index in [1.807, 2.05) is 0 Å². The highest BCUT2D eigenvalue weighted by Crippen LogP contribution is 1.65. The van der Waals surface area contributed by atoms with E-state index in [1.54, 1.807) is 6.92 Å². The SMILES string of the molecule is CC#CCCO.CS(=O)(=O)O. The summed E-state index contributed by atoms with van der Waals surface area (Å²) in [5, 5.41) is 8.09. The van der Waals surface area contributed by atoms with Gasteiger partial charge in [-0.05, 0) is 6.92 Å². The van der Waals surface area contributed by atoms with Crippen molar-refractivity contribution in [2.45, 2.75) is 13.3 Å². The summed E-state index contributed by atoms with van der Waals surface area (Å²) in [6.45, 7) is 1.94. The Bertz CT molecular complexity index is 211.